The Morgan fingerprint density at radius 2 is 1.91 bits per heavy atom. The Bertz CT molecular complexity index is 1060. The van der Waals surface area contributed by atoms with E-state index in [0.29, 0.717) is 26.1 Å². The van der Waals surface area contributed by atoms with E-state index < -0.39 is 17.9 Å². The summed E-state index contributed by atoms with van der Waals surface area (Å²) < 4.78 is 0. The SMILES string of the molecule is CCN1CCN(C(=O)CN2CC(=O)NC2=O)C[C@H](Cc2ccccc2-c2cccnc2)C1=O. The Hall–Kier alpha value is -3.75. The third-order valence-electron chi connectivity index (χ3n) is 6.13. The minimum atomic E-state index is -0.559. The van der Waals surface area contributed by atoms with Crippen LogP contribution in [0, 0.1) is 5.92 Å². The smallest absolute Gasteiger partial charge is 0.325 e. The van der Waals surface area contributed by atoms with Crippen molar-refractivity contribution in [1.82, 2.24) is 25.0 Å². The van der Waals surface area contributed by atoms with Gasteiger partial charge in [-0.25, -0.2) is 4.79 Å². The van der Waals surface area contributed by atoms with Gasteiger partial charge in [-0.3, -0.25) is 24.7 Å². The van der Waals surface area contributed by atoms with E-state index in [-0.39, 0.29) is 31.4 Å². The molecule has 1 atom stereocenters. The molecular weight excluding hydrogens is 422 g/mol. The van der Waals surface area contributed by atoms with E-state index in [1.165, 1.54) is 4.90 Å². The van der Waals surface area contributed by atoms with Gasteiger partial charge in [0.1, 0.15) is 13.1 Å². The lowest BCUT2D eigenvalue weighted by Crippen LogP contribution is -2.44. The molecule has 172 valence electrons. The highest BCUT2D eigenvalue weighted by Crippen LogP contribution is 2.26. The maximum atomic E-state index is 13.3. The van der Waals surface area contributed by atoms with E-state index in [1.807, 2.05) is 43.3 Å². The van der Waals surface area contributed by atoms with Crippen LogP contribution in [-0.2, 0) is 20.8 Å². The van der Waals surface area contributed by atoms with E-state index in [0.717, 1.165) is 16.7 Å². The highest BCUT2D eigenvalue weighted by Gasteiger charge is 2.34. The monoisotopic (exact) mass is 449 g/mol. The number of pyridine rings is 1. The second kappa shape index (κ2) is 9.81. The summed E-state index contributed by atoms with van der Waals surface area (Å²) in [5.74, 6) is -1.08. The van der Waals surface area contributed by atoms with Crippen LogP contribution in [0.25, 0.3) is 11.1 Å². The van der Waals surface area contributed by atoms with Crippen molar-refractivity contribution in [3.8, 4) is 11.1 Å². The Kier molecular flexibility index (Phi) is 6.67. The Morgan fingerprint density at radius 3 is 2.61 bits per heavy atom. The lowest BCUT2D eigenvalue weighted by Gasteiger charge is -2.25. The Labute approximate surface area is 192 Å². The number of rotatable bonds is 6. The molecular formula is C24H27N5O4. The first-order valence-electron chi connectivity index (χ1n) is 11.1. The highest BCUT2D eigenvalue weighted by atomic mass is 16.2. The highest BCUT2D eigenvalue weighted by molar-refractivity contribution is 6.03. The zero-order valence-electron chi connectivity index (χ0n) is 18.6. The van der Waals surface area contributed by atoms with Gasteiger partial charge in [-0.2, -0.15) is 0 Å². The number of carbonyl (C=O) groups is 4. The molecule has 5 amide bonds. The predicted molar refractivity (Wildman–Crippen MR) is 121 cm³/mol. The molecule has 9 nitrogen and oxygen atoms in total. The average Bonchev–Trinajstić information content (AvgIpc) is 3.04. The van der Waals surface area contributed by atoms with Crippen molar-refractivity contribution >= 4 is 23.8 Å². The first kappa shape index (κ1) is 22.4. The fraction of sp³-hybridized carbons (Fsp3) is 0.375. The van der Waals surface area contributed by atoms with Crippen LogP contribution in [0.4, 0.5) is 4.79 Å². The van der Waals surface area contributed by atoms with E-state index in [4.69, 9.17) is 0 Å². The quantitative estimate of drug-likeness (QED) is 0.667. The van der Waals surface area contributed by atoms with E-state index in [2.05, 4.69) is 10.3 Å². The molecule has 2 fully saturated rings. The number of imide groups is 1. The van der Waals surface area contributed by atoms with Gasteiger partial charge in [0, 0.05) is 44.1 Å². The van der Waals surface area contributed by atoms with Crippen LogP contribution in [0.1, 0.15) is 12.5 Å². The fourth-order valence-corrected chi connectivity index (χ4v) is 4.38. The van der Waals surface area contributed by atoms with Crippen LogP contribution in [0.15, 0.2) is 48.8 Å². The van der Waals surface area contributed by atoms with E-state index in [9.17, 15) is 19.2 Å². The molecule has 2 aliphatic rings. The van der Waals surface area contributed by atoms with Crippen molar-refractivity contribution in [2.24, 2.45) is 5.92 Å². The summed E-state index contributed by atoms with van der Waals surface area (Å²) in [5, 5.41) is 2.18. The van der Waals surface area contributed by atoms with E-state index >= 15 is 0 Å². The molecule has 3 heterocycles. The number of carbonyl (C=O) groups excluding carboxylic acids is 4. The molecule has 0 radical (unpaired) electrons. The van der Waals surface area contributed by atoms with Crippen molar-refractivity contribution in [2.45, 2.75) is 13.3 Å². The summed E-state index contributed by atoms with van der Waals surface area (Å²) in [5.41, 5.74) is 2.99. The number of likely N-dealkylation sites (N-methyl/N-ethyl adjacent to an activating group) is 1. The molecule has 9 heteroatoms. The van der Waals surface area contributed by atoms with Crippen molar-refractivity contribution in [3.63, 3.8) is 0 Å². The summed E-state index contributed by atoms with van der Waals surface area (Å²) in [6.07, 6.45) is 3.99. The van der Waals surface area contributed by atoms with Gasteiger partial charge >= 0.3 is 6.03 Å². The molecule has 33 heavy (non-hydrogen) atoms. The predicted octanol–water partition coefficient (Wildman–Crippen LogP) is 1.15. The number of hydrogen-bond acceptors (Lipinski definition) is 5. The van der Waals surface area contributed by atoms with Gasteiger partial charge in [-0.15, -0.1) is 0 Å². The lowest BCUT2D eigenvalue weighted by atomic mass is 9.91. The maximum Gasteiger partial charge on any atom is 0.325 e. The second-order valence-corrected chi connectivity index (χ2v) is 8.27. The molecule has 2 aliphatic heterocycles. The third kappa shape index (κ3) is 5.02. The number of hydrogen-bond donors (Lipinski definition) is 1. The molecule has 2 aromatic rings. The number of urea groups is 1. The topological polar surface area (TPSA) is 103 Å². The molecule has 1 N–H and O–H groups in total. The number of nitrogens with one attached hydrogen (secondary N) is 1. The minimum absolute atomic E-state index is 0.0166. The summed E-state index contributed by atoms with van der Waals surface area (Å²) in [6.45, 7) is 3.27. The third-order valence-corrected chi connectivity index (χ3v) is 6.13. The zero-order valence-corrected chi connectivity index (χ0v) is 18.6. The van der Waals surface area contributed by atoms with Crippen molar-refractivity contribution in [3.05, 3.63) is 54.4 Å². The van der Waals surface area contributed by atoms with Crippen LogP contribution in [0.2, 0.25) is 0 Å². The van der Waals surface area contributed by atoms with Crippen LogP contribution >= 0.6 is 0 Å². The summed E-state index contributed by atoms with van der Waals surface area (Å²) in [7, 11) is 0. The van der Waals surface area contributed by atoms with Gasteiger partial charge in [0.2, 0.25) is 17.7 Å². The number of benzene rings is 1. The number of amides is 5. The molecule has 0 aliphatic carbocycles. The van der Waals surface area contributed by atoms with E-state index in [1.54, 1.807) is 22.2 Å². The standard InChI is InChI=1S/C24H27N5O4/c1-2-27-10-11-28(22(31)16-29-15-21(30)26-24(29)33)14-19(23(27)32)12-17-6-3-4-8-20(17)18-7-5-9-25-13-18/h3-9,13,19H,2,10-12,14-16H2,1H3,(H,26,30,33)/t19-/m0/s1. The van der Waals surface area contributed by atoms with Gasteiger partial charge in [0.15, 0.2) is 0 Å². The molecule has 0 spiro atoms. The van der Waals surface area contributed by atoms with Crippen LogP contribution in [0.5, 0.6) is 0 Å². The normalized spacial score (nSPS) is 19.0. The van der Waals surface area contributed by atoms with Crippen molar-refractivity contribution in [1.29, 1.82) is 0 Å². The largest absolute Gasteiger partial charge is 0.341 e. The number of aromatic nitrogens is 1. The average molecular weight is 450 g/mol. The summed E-state index contributed by atoms with van der Waals surface area (Å²) in [6, 6.07) is 11.2. The van der Waals surface area contributed by atoms with Crippen molar-refractivity contribution < 1.29 is 19.2 Å². The first-order valence-corrected chi connectivity index (χ1v) is 11.1. The fourth-order valence-electron chi connectivity index (χ4n) is 4.38. The summed E-state index contributed by atoms with van der Waals surface area (Å²) in [4.78, 5) is 58.4. The molecule has 0 saturated carbocycles. The Balaban J connectivity index is 1.55. The van der Waals surface area contributed by atoms with Crippen LogP contribution in [0.3, 0.4) is 0 Å². The lowest BCUT2D eigenvalue weighted by molar-refractivity contribution is -0.134. The van der Waals surface area contributed by atoms with Crippen molar-refractivity contribution in [2.75, 3.05) is 39.3 Å². The zero-order chi connectivity index (χ0) is 23.4. The van der Waals surface area contributed by atoms with Gasteiger partial charge in [0.05, 0.1) is 5.92 Å². The van der Waals surface area contributed by atoms with Gasteiger partial charge in [-0.05, 0) is 30.5 Å². The molecule has 0 bridgehead atoms. The second-order valence-electron chi connectivity index (χ2n) is 8.27. The summed E-state index contributed by atoms with van der Waals surface area (Å²) >= 11 is 0. The number of nitrogens with zero attached hydrogens (tertiary/aromatic N) is 4. The van der Waals surface area contributed by atoms with Crippen LogP contribution < -0.4 is 5.32 Å². The van der Waals surface area contributed by atoms with Gasteiger partial charge < -0.3 is 14.7 Å². The maximum absolute atomic E-state index is 13.3. The molecule has 4 rings (SSSR count). The molecule has 1 aromatic heterocycles. The first-order chi connectivity index (χ1) is 16.0. The molecule has 0 unspecified atom stereocenters. The Morgan fingerprint density at radius 1 is 1.09 bits per heavy atom. The van der Waals surface area contributed by atoms with Gasteiger partial charge in [0.25, 0.3) is 0 Å². The molecule has 2 saturated heterocycles. The van der Waals surface area contributed by atoms with Crippen LogP contribution in [-0.4, -0.2) is 82.7 Å². The minimum Gasteiger partial charge on any atom is -0.341 e. The molecule has 1 aromatic carbocycles. The van der Waals surface area contributed by atoms with Gasteiger partial charge in [-0.1, -0.05) is 30.3 Å².